The third-order valence-corrected chi connectivity index (χ3v) is 4.83. The molecule has 0 atom stereocenters. The molecule has 0 aliphatic carbocycles. The van der Waals surface area contributed by atoms with Crippen molar-refractivity contribution in [3.8, 4) is 11.3 Å². The van der Waals surface area contributed by atoms with Crippen molar-refractivity contribution in [1.29, 1.82) is 0 Å². The molecule has 0 radical (unpaired) electrons. The summed E-state index contributed by atoms with van der Waals surface area (Å²) in [5.74, 6) is -0.0620. The van der Waals surface area contributed by atoms with Crippen molar-refractivity contribution in [3.63, 3.8) is 0 Å². The van der Waals surface area contributed by atoms with E-state index in [1.807, 2.05) is 42.6 Å². The molecule has 0 spiro atoms. The molecule has 4 aromatic rings. The molecular formula is C18H14N4OS. The number of thiophene rings is 1. The van der Waals surface area contributed by atoms with Gasteiger partial charge in [-0.05, 0) is 36.1 Å². The van der Waals surface area contributed by atoms with Gasteiger partial charge in [0.25, 0.3) is 0 Å². The zero-order valence-electron chi connectivity index (χ0n) is 12.9. The van der Waals surface area contributed by atoms with Crippen LogP contribution >= 0.6 is 11.3 Å². The van der Waals surface area contributed by atoms with E-state index in [4.69, 9.17) is 5.73 Å². The summed E-state index contributed by atoms with van der Waals surface area (Å²) in [4.78, 5) is 17.7. The molecular weight excluding hydrogens is 320 g/mol. The number of fused-ring (bicyclic) bond motifs is 1. The highest BCUT2D eigenvalue weighted by atomic mass is 32.1. The number of benzene rings is 1. The van der Waals surface area contributed by atoms with Crippen LogP contribution in [0.1, 0.15) is 20.8 Å². The van der Waals surface area contributed by atoms with Crippen molar-refractivity contribution in [2.45, 2.75) is 6.92 Å². The van der Waals surface area contributed by atoms with Crippen LogP contribution in [-0.4, -0.2) is 20.4 Å². The second-order valence-corrected chi connectivity index (χ2v) is 6.45. The van der Waals surface area contributed by atoms with Crippen LogP contribution < -0.4 is 5.73 Å². The first-order chi connectivity index (χ1) is 11.6. The van der Waals surface area contributed by atoms with Gasteiger partial charge < -0.3 is 5.73 Å². The van der Waals surface area contributed by atoms with Gasteiger partial charge in [0.05, 0.1) is 22.3 Å². The average molecular weight is 334 g/mol. The first-order valence-corrected chi connectivity index (χ1v) is 8.30. The van der Waals surface area contributed by atoms with E-state index in [2.05, 4.69) is 10.1 Å². The van der Waals surface area contributed by atoms with Crippen molar-refractivity contribution < 1.29 is 4.79 Å². The van der Waals surface area contributed by atoms with Gasteiger partial charge in [0.2, 0.25) is 5.78 Å². The molecule has 0 aliphatic rings. The summed E-state index contributed by atoms with van der Waals surface area (Å²) in [6.07, 6.45) is 3.26. The van der Waals surface area contributed by atoms with Crippen LogP contribution in [-0.2, 0) is 0 Å². The van der Waals surface area contributed by atoms with Crippen molar-refractivity contribution in [1.82, 2.24) is 14.6 Å². The van der Waals surface area contributed by atoms with Gasteiger partial charge in [-0.3, -0.25) is 4.79 Å². The Morgan fingerprint density at radius 2 is 2.12 bits per heavy atom. The molecule has 0 aliphatic heterocycles. The number of aryl methyl sites for hydroxylation is 1. The summed E-state index contributed by atoms with van der Waals surface area (Å²) in [5.41, 5.74) is 10.6. The van der Waals surface area contributed by atoms with Crippen LogP contribution in [0.25, 0.3) is 16.9 Å². The summed E-state index contributed by atoms with van der Waals surface area (Å²) in [6.45, 7) is 1.97. The first-order valence-electron chi connectivity index (χ1n) is 7.42. The standard InChI is InChI=1S/C18H14N4OS/c1-11-4-5-12(9-14(11)19)15-6-7-20-18-13(10-21-22(15)18)17(23)16-3-2-8-24-16/h2-10H,19H2,1H3. The van der Waals surface area contributed by atoms with Crippen LogP contribution in [0.5, 0.6) is 0 Å². The molecule has 0 amide bonds. The van der Waals surface area contributed by atoms with Crippen molar-refractivity contribution in [3.05, 3.63) is 70.2 Å². The van der Waals surface area contributed by atoms with Gasteiger partial charge in [0, 0.05) is 17.4 Å². The van der Waals surface area contributed by atoms with Gasteiger partial charge >= 0.3 is 0 Å². The maximum atomic E-state index is 12.6. The van der Waals surface area contributed by atoms with E-state index in [1.54, 1.807) is 23.0 Å². The van der Waals surface area contributed by atoms with Crippen molar-refractivity contribution >= 4 is 28.5 Å². The van der Waals surface area contributed by atoms with Crippen LogP contribution in [0.2, 0.25) is 0 Å². The summed E-state index contributed by atoms with van der Waals surface area (Å²) in [6, 6.07) is 11.4. The van der Waals surface area contributed by atoms with Crippen LogP contribution in [0, 0.1) is 6.92 Å². The monoisotopic (exact) mass is 334 g/mol. The van der Waals surface area contributed by atoms with E-state index in [1.165, 1.54) is 11.3 Å². The van der Waals surface area contributed by atoms with E-state index >= 15 is 0 Å². The number of hydrogen-bond acceptors (Lipinski definition) is 5. The predicted molar refractivity (Wildman–Crippen MR) is 95.3 cm³/mol. The Kier molecular flexibility index (Phi) is 3.39. The molecule has 4 rings (SSSR count). The van der Waals surface area contributed by atoms with E-state index in [0.717, 1.165) is 22.5 Å². The first kappa shape index (κ1) is 14.6. The number of carbonyl (C=O) groups is 1. The Morgan fingerprint density at radius 3 is 2.88 bits per heavy atom. The van der Waals surface area contributed by atoms with E-state index in [-0.39, 0.29) is 5.78 Å². The minimum absolute atomic E-state index is 0.0620. The van der Waals surface area contributed by atoms with E-state index in [0.29, 0.717) is 16.1 Å². The lowest BCUT2D eigenvalue weighted by Gasteiger charge is -2.07. The van der Waals surface area contributed by atoms with Crippen LogP contribution in [0.4, 0.5) is 5.69 Å². The number of rotatable bonds is 3. The fourth-order valence-electron chi connectivity index (χ4n) is 2.61. The highest BCUT2D eigenvalue weighted by molar-refractivity contribution is 7.12. The highest BCUT2D eigenvalue weighted by Crippen LogP contribution is 2.25. The van der Waals surface area contributed by atoms with Gasteiger partial charge in [-0.1, -0.05) is 18.2 Å². The zero-order chi connectivity index (χ0) is 16.7. The minimum atomic E-state index is -0.0620. The van der Waals surface area contributed by atoms with Gasteiger partial charge in [-0.15, -0.1) is 11.3 Å². The third kappa shape index (κ3) is 2.28. The smallest absolute Gasteiger partial charge is 0.208 e. The summed E-state index contributed by atoms with van der Waals surface area (Å²) in [7, 11) is 0. The fourth-order valence-corrected chi connectivity index (χ4v) is 3.29. The topological polar surface area (TPSA) is 73.3 Å². The number of anilines is 1. The molecule has 3 heterocycles. The summed E-state index contributed by atoms with van der Waals surface area (Å²) in [5, 5.41) is 6.26. The third-order valence-electron chi connectivity index (χ3n) is 3.97. The van der Waals surface area contributed by atoms with Crippen molar-refractivity contribution in [2.75, 3.05) is 5.73 Å². The molecule has 1 aromatic carbocycles. The number of carbonyl (C=O) groups excluding carboxylic acids is 1. The second-order valence-electron chi connectivity index (χ2n) is 5.50. The SMILES string of the molecule is Cc1ccc(-c2ccnc3c(C(=O)c4cccs4)cnn23)cc1N. The minimum Gasteiger partial charge on any atom is -0.398 e. The second kappa shape index (κ2) is 5.58. The van der Waals surface area contributed by atoms with Gasteiger partial charge in [0.1, 0.15) is 0 Å². The van der Waals surface area contributed by atoms with Crippen molar-refractivity contribution in [2.24, 2.45) is 0 Å². The largest absolute Gasteiger partial charge is 0.398 e. The van der Waals surface area contributed by atoms with Gasteiger partial charge in [-0.25, -0.2) is 9.50 Å². The molecule has 0 saturated heterocycles. The molecule has 0 fully saturated rings. The Labute approximate surface area is 142 Å². The van der Waals surface area contributed by atoms with Crippen LogP contribution in [0.3, 0.4) is 0 Å². The van der Waals surface area contributed by atoms with E-state index in [9.17, 15) is 4.79 Å². The Bertz CT molecular complexity index is 1050. The Balaban J connectivity index is 1.88. The lowest BCUT2D eigenvalue weighted by atomic mass is 10.1. The van der Waals surface area contributed by atoms with Gasteiger partial charge in [-0.2, -0.15) is 5.10 Å². The molecule has 118 valence electrons. The molecule has 5 nitrogen and oxygen atoms in total. The maximum absolute atomic E-state index is 12.6. The lowest BCUT2D eigenvalue weighted by molar-refractivity contribution is 0.104. The average Bonchev–Trinajstić information content (AvgIpc) is 3.26. The molecule has 24 heavy (non-hydrogen) atoms. The molecule has 3 aromatic heterocycles. The van der Waals surface area contributed by atoms with Crippen LogP contribution in [0.15, 0.2) is 54.2 Å². The van der Waals surface area contributed by atoms with E-state index < -0.39 is 0 Å². The zero-order valence-corrected chi connectivity index (χ0v) is 13.7. The number of aromatic nitrogens is 3. The highest BCUT2D eigenvalue weighted by Gasteiger charge is 2.18. The Hall–Kier alpha value is -2.99. The predicted octanol–water partition coefficient (Wildman–Crippen LogP) is 3.58. The summed E-state index contributed by atoms with van der Waals surface area (Å²) >= 11 is 1.41. The molecule has 0 unspecified atom stereocenters. The lowest BCUT2D eigenvalue weighted by Crippen LogP contribution is -2.01. The fraction of sp³-hybridized carbons (Fsp3) is 0.0556. The molecule has 2 N–H and O–H groups in total. The number of ketones is 1. The number of nitrogen functional groups attached to an aromatic ring is 1. The normalized spacial score (nSPS) is 11.0. The maximum Gasteiger partial charge on any atom is 0.208 e. The van der Waals surface area contributed by atoms with Gasteiger partial charge in [0.15, 0.2) is 5.65 Å². The Morgan fingerprint density at radius 1 is 1.25 bits per heavy atom. The quantitative estimate of drug-likeness (QED) is 0.459. The number of nitrogens with zero attached hydrogens (tertiary/aromatic N) is 3. The molecule has 6 heteroatoms. The molecule has 0 saturated carbocycles. The summed E-state index contributed by atoms with van der Waals surface area (Å²) < 4.78 is 1.69. The molecule has 0 bridgehead atoms. The number of hydrogen-bond donors (Lipinski definition) is 1. The number of nitrogens with two attached hydrogens (primary N) is 1.